The van der Waals surface area contributed by atoms with Crippen molar-refractivity contribution in [2.75, 3.05) is 6.61 Å². The third-order valence-electron chi connectivity index (χ3n) is 4.41. The van der Waals surface area contributed by atoms with Crippen LogP contribution in [0.5, 0.6) is 5.75 Å². The molecule has 0 radical (unpaired) electrons. The van der Waals surface area contributed by atoms with Crippen LogP contribution < -0.4 is 10.1 Å². The first-order chi connectivity index (χ1) is 13.2. The van der Waals surface area contributed by atoms with Crippen LogP contribution in [0.15, 0.2) is 78.9 Å². The molecule has 1 N–H and O–H groups in total. The number of aryl methyl sites for hydroxylation is 1. The molecule has 3 rings (SSSR count). The fourth-order valence-corrected chi connectivity index (χ4v) is 2.90. The molecule has 27 heavy (non-hydrogen) atoms. The molecule has 1 amide bonds. The summed E-state index contributed by atoms with van der Waals surface area (Å²) in [7, 11) is 0. The van der Waals surface area contributed by atoms with Crippen LogP contribution in [0, 0.1) is 6.92 Å². The van der Waals surface area contributed by atoms with Crippen molar-refractivity contribution in [2.24, 2.45) is 0 Å². The topological polar surface area (TPSA) is 38.3 Å². The van der Waals surface area contributed by atoms with Gasteiger partial charge < -0.3 is 10.1 Å². The van der Waals surface area contributed by atoms with E-state index >= 15 is 0 Å². The molecule has 0 aliphatic heterocycles. The van der Waals surface area contributed by atoms with Gasteiger partial charge in [0.2, 0.25) is 0 Å². The van der Waals surface area contributed by atoms with E-state index in [4.69, 9.17) is 4.74 Å². The van der Waals surface area contributed by atoms with Gasteiger partial charge in [-0.05, 0) is 48.7 Å². The predicted octanol–water partition coefficient (Wildman–Crippen LogP) is 5.30. The first-order valence-corrected chi connectivity index (χ1v) is 9.32. The zero-order valence-corrected chi connectivity index (χ0v) is 15.8. The van der Waals surface area contributed by atoms with Crippen LogP contribution >= 0.6 is 0 Å². The zero-order valence-electron chi connectivity index (χ0n) is 15.8. The lowest BCUT2D eigenvalue weighted by atomic mass is 9.97. The van der Waals surface area contributed by atoms with Crippen LogP contribution in [0.25, 0.3) is 0 Å². The Bertz CT molecular complexity index is 855. The molecule has 1 unspecified atom stereocenters. The smallest absolute Gasteiger partial charge is 0.252 e. The van der Waals surface area contributed by atoms with Gasteiger partial charge in [-0.2, -0.15) is 0 Å². The highest BCUT2D eigenvalue weighted by atomic mass is 16.5. The number of hydrogen-bond acceptors (Lipinski definition) is 2. The Morgan fingerprint density at radius 2 is 1.52 bits per heavy atom. The average Bonchev–Trinajstić information content (AvgIpc) is 2.72. The van der Waals surface area contributed by atoms with Crippen LogP contribution in [0.2, 0.25) is 0 Å². The van der Waals surface area contributed by atoms with Gasteiger partial charge in [-0.3, -0.25) is 4.79 Å². The van der Waals surface area contributed by atoms with Crippen LogP contribution in [-0.4, -0.2) is 12.5 Å². The van der Waals surface area contributed by atoms with Gasteiger partial charge >= 0.3 is 0 Å². The number of nitrogens with one attached hydrogen (secondary N) is 1. The average molecular weight is 359 g/mol. The molecule has 0 fully saturated rings. The predicted molar refractivity (Wildman–Crippen MR) is 109 cm³/mol. The molecule has 0 spiro atoms. The monoisotopic (exact) mass is 359 g/mol. The summed E-state index contributed by atoms with van der Waals surface area (Å²) < 4.78 is 5.59. The minimum absolute atomic E-state index is 0.105. The lowest BCUT2D eigenvalue weighted by Gasteiger charge is -2.20. The summed E-state index contributed by atoms with van der Waals surface area (Å²) in [5.74, 6) is 0.679. The van der Waals surface area contributed by atoms with Gasteiger partial charge in [-0.1, -0.05) is 67.1 Å². The lowest BCUT2D eigenvalue weighted by Crippen LogP contribution is -2.29. The molecule has 0 aliphatic carbocycles. The molecule has 138 valence electrons. The van der Waals surface area contributed by atoms with E-state index < -0.39 is 0 Å². The molecule has 3 aromatic carbocycles. The first-order valence-electron chi connectivity index (χ1n) is 9.32. The minimum Gasteiger partial charge on any atom is -0.494 e. The molecule has 0 aromatic heterocycles. The molecule has 0 bridgehead atoms. The Kier molecular flexibility index (Phi) is 6.26. The molecule has 3 aromatic rings. The second kappa shape index (κ2) is 9.04. The second-order valence-corrected chi connectivity index (χ2v) is 6.60. The van der Waals surface area contributed by atoms with E-state index in [1.54, 1.807) is 12.1 Å². The maximum Gasteiger partial charge on any atom is 0.252 e. The van der Waals surface area contributed by atoms with Gasteiger partial charge in [-0.15, -0.1) is 0 Å². The largest absolute Gasteiger partial charge is 0.494 e. The summed E-state index contributed by atoms with van der Waals surface area (Å²) in [5.41, 5.74) is 3.92. The summed E-state index contributed by atoms with van der Waals surface area (Å²) >= 11 is 0. The van der Waals surface area contributed by atoms with Gasteiger partial charge in [0.15, 0.2) is 0 Å². The van der Waals surface area contributed by atoms with E-state index in [9.17, 15) is 4.79 Å². The van der Waals surface area contributed by atoms with E-state index in [0.29, 0.717) is 12.2 Å². The highest BCUT2D eigenvalue weighted by molar-refractivity contribution is 5.94. The highest BCUT2D eigenvalue weighted by Gasteiger charge is 2.17. The van der Waals surface area contributed by atoms with Gasteiger partial charge in [0.1, 0.15) is 5.75 Å². The third kappa shape index (κ3) is 4.98. The van der Waals surface area contributed by atoms with Crippen LogP contribution in [-0.2, 0) is 0 Å². The van der Waals surface area contributed by atoms with Crippen molar-refractivity contribution in [3.63, 3.8) is 0 Å². The number of hydrogen-bond donors (Lipinski definition) is 1. The normalized spacial score (nSPS) is 11.6. The van der Waals surface area contributed by atoms with E-state index in [1.165, 1.54) is 5.56 Å². The summed E-state index contributed by atoms with van der Waals surface area (Å²) in [6.07, 6.45) is 0.956. The van der Waals surface area contributed by atoms with E-state index in [-0.39, 0.29) is 11.9 Å². The van der Waals surface area contributed by atoms with Gasteiger partial charge in [0.25, 0.3) is 5.91 Å². The summed E-state index contributed by atoms with van der Waals surface area (Å²) in [5, 5.41) is 3.17. The molecular formula is C24H25NO2. The van der Waals surface area contributed by atoms with Crippen LogP contribution in [0.4, 0.5) is 0 Å². The van der Waals surface area contributed by atoms with Crippen molar-refractivity contribution in [2.45, 2.75) is 26.3 Å². The summed E-state index contributed by atoms with van der Waals surface area (Å²) in [4.78, 5) is 12.8. The number of amides is 1. The van der Waals surface area contributed by atoms with Crippen molar-refractivity contribution in [1.29, 1.82) is 0 Å². The molecule has 3 heteroatoms. The number of benzene rings is 3. The van der Waals surface area contributed by atoms with Crippen LogP contribution in [0.3, 0.4) is 0 Å². The Balaban J connectivity index is 1.81. The molecule has 0 saturated heterocycles. The van der Waals surface area contributed by atoms with Crippen molar-refractivity contribution in [1.82, 2.24) is 5.32 Å². The van der Waals surface area contributed by atoms with Crippen molar-refractivity contribution in [3.05, 3.63) is 101 Å². The molecular weight excluding hydrogens is 334 g/mol. The summed E-state index contributed by atoms with van der Waals surface area (Å²) in [6.45, 7) is 4.80. The molecule has 0 heterocycles. The van der Waals surface area contributed by atoms with Gasteiger partial charge in [0.05, 0.1) is 12.6 Å². The van der Waals surface area contributed by atoms with Crippen LogP contribution in [0.1, 0.15) is 46.4 Å². The SMILES string of the molecule is CCCOc1ccc(C(=O)NC(c2ccccc2)c2ccc(C)cc2)cc1. The number of rotatable bonds is 7. The quantitative estimate of drug-likeness (QED) is 0.621. The molecule has 3 nitrogen and oxygen atoms in total. The minimum atomic E-state index is -0.199. The number of carbonyl (C=O) groups is 1. The summed E-state index contributed by atoms with van der Waals surface area (Å²) in [6, 6.07) is 25.4. The Morgan fingerprint density at radius 3 is 2.15 bits per heavy atom. The van der Waals surface area contributed by atoms with Crippen molar-refractivity contribution in [3.8, 4) is 5.75 Å². The molecule has 0 saturated carbocycles. The van der Waals surface area contributed by atoms with Gasteiger partial charge in [-0.25, -0.2) is 0 Å². The fraction of sp³-hybridized carbons (Fsp3) is 0.208. The Hall–Kier alpha value is -3.07. The lowest BCUT2D eigenvalue weighted by molar-refractivity contribution is 0.0943. The second-order valence-electron chi connectivity index (χ2n) is 6.60. The van der Waals surface area contributed by atoms with Gasteiger partial charge in [0, 0.05) is 5.56 Å². The molecule has 1 atom stereocenters. The fourth-order valence-electron chi connectivity index (χ4n) is 2.90. The Labute approximate surface area is 161 Å². The van der Waals surface area contributed by atoms with E-state index in [1.807, 2.05) is 42.5 Å². The number of carbonyl (C=O) groups excluding carboxylic acids is 1. The third-order valence-corrected chi connectivity index (χ3v) is 4.41. The molecule has 0 aliphatic rings. The zero-order chi connectivity index (χ0) is 19.1. The maximum atomic E-state index is 12.8. The first kappa shape index (κ1) is 18.7. The maximum absolute atomic E-state index is 12.8. The standard InChI is InChI=1S/C24H25NO2/c1-3-17-27-22-15-13-21(14-16-22)24(26)25-23(19-7-5-4-6-8-19)20-11-9-18(2)10-12-20/h4-16,23H,3,17H2,1-2H3,(H,25,26). The van der Waals surface area contributed by atoms with Crippen molar-refractivity contribution >= 4 is 5.91 Å². The number of ether oxygens (including phenoxy) is 1. The van der Waals surface area contributed by atoms with E-state index in [2.05, 4.69) is 43.4 Å². The van der Waals surface area contributed by atoms with E-state index in [0.717, 1.165) is 23.3 Å². The highest BCUT2D eigenvalue weighted by Crippen LogP contribution is 2.23. The Morgan fingerprint density at radius 1 is 0.889 bits per heavy atom. The van der Waals surface area contributed by atoms with Crippen molar-refractivity contribution < 1.29 is 9.53 Å².